The monoisotopic (exact) mass is 530 g/mol. The molecule has 1 spiro atoms. The van der Waals surface area contributed by atoms with Crippen molar-refractivity contribution in [3.05, 3.63) is 24.3 Å². The van der Waals surface area contributed by atoms with Crippen molar-refractivity contribution in [3.8, 4) is 0 Å². The van der Waals surface area contributed by atoms with Gasteiger partial charge >= 0.3 is 0 Å². The first-order valence-corrected chi connectivity index (χ1v) is 15.4. The Hall–Kier alpha value is -0.680. The summed E-state index contributed by atoms with van der Waals surface area (Å²) in [6.45, 7) is 21.0. The predicted molar refractivity (Wildman–Crippen MR) is 156 cm³/mol. The van der Waals surface area contributed by atoms with Crippen LogP contribution in [0.1, 0.15) is 107 Å². The van der Waals surface area contributed by atoms with Crippen molar-refractivity contribution in [2.75, 3.05) is 14.2 Å². The second kappa shape index (κ2) is 10.00. The van der Waals surface area contributed by atoms with Gasteiger partial charge in [-0.25, -0.2) is 0 Å². The van der Waals surface area contributed by atoms with Gasteiger partial charge in [-0.3, -0.25) is 0 Å². The van der Waals surface area contributed by atoms with Crippen LogP contribution in [0.4, 0.5) is 0 Å². The summed E-state index contributed by atoms with van der Waals surface area (Å²) in [6, 6.07) is 0. The second-order valence-corrected chi connectivity index (χ2v) is 15.4. The molecule has 0 bridgehead atoms. The van der Waals surface area contributed by atoms with E-state index in [1.54, 1.807) is 7.11 Å². The summed E-state index contributed by atoms with van der Waals surface area (Å²) < 4.78 is 19.1. The van der Waals surface area contributed by atoms with Crippen LogP contribution in [0, 0.1) is 45.3 Å². The number of aliphatic hydroxyl groups is 1. The minimum atomic E-state index is -0.539. The minimum Gasteiger partial charge on any atom is -0.392 e. The van der Waals surface area contributed by atoms with Crippen LogP contribution in [-0.4, -0.2) is 42.9 Å². The highest BCUT2D eigenvalue weighted by Crippen LogP contribution is 2.72. The van der Waals surface area contributed by atoms with Crippen LogP contribution in [0.2, 0.25) is 0 Å². The fraction of sp³-hybridized carbons (Fsp3) is 0.882. The topological polar surface area (TPSA) is 47.9 Å². The first-order chi connectivity index (χ1) is 17.5. The third kappa shape index (κ3) is 4.30. The molecule has 2 unspecified atom stereocenters. The maximum Gasteiger partial charge on any atom is 0.164 e. The summed E-state index contributed by atoms with van der Waals surface area (Å²) >= 11 is 0. The van der Waals surface area contributed by atoms with Crippen molar-refractivity contribution in [1.29, 1.82) is 0 Å². The minimum absolute atomic E-state index is 0.109. The molecule has 4 heteroatoms. The maximum atomic E-state index is 11.2. The molecule has 10 atom stereocenters. The molecule has 0 amide bonds. The van der Waals surface area contributed by atoms with E-state index < -0.39 is 5.60 Å². The molecule has 1 N–H and O–H groups in total. The number of ether oxygens (including phenoxy) is 3. The van der Waals surface area contributed by atoms with Gasteiger partial charge in [0.15, 0.2) is 6.29 Å². The fourth-order valence-electron chi connectivity index (χ4n) is 9.72. The summed E-state index contributed by atoms with van der Waals surface area (Å²) in [4.78, 5) is 0. The molecule has 0 aromatic carbocycles. The molecule has 3 fully saturated rings. The van der Waals surface area contributed by atoms with Gasteiger partial charge in [0.1, 0.15) is 0 Å². The van der Waals surface area contributed by atoms with E-state index in [0.717, 1.165) is 25.7 Å². The molecule has 4 nitrogen and oxygen atoms in total. The van der Waals surface area contributed by atoms with Gasteiger partial charge < -0.3 is 19.3 Å². The Bertz CT molecular complexity index is 921. The van der Waals surface area contributed by atoms with E-state index in [1.807, 2.05) is 7.11 Å². The third-order valence-corrected chi connectivity index (χ3v) is 13.0. The standard InChI is InChI=1S/C34H58O4/c1-23(13-12-18-29(3,4)37-11)25-16-19-33(9)26-17-20-34(24(2)14-15-27(35)30(34,5)6)38-28(36-10)31(26,7)21-22-32(25,33)8/h12,17-18,20,23-28,35H,13-16,19,21-22H2,1-11H3/b18-12+/t23-,24-,25?,26-,27+,28?,31+,32-,33+,34-/m1/s1. The molecule has 38 heavy (non-hydrogen) atoms. The van der Waals surface area contributed by atoms with Crippen molar-refractivity contribution in [3.63, 3.8) is 0 Å². The Morgan fingerprint density at radius 3 is 2.34 bits per heavy atom. The predicted octanol–water partition coefficient (Wildman–Crippen LogP) is 7.95. The fourth-order valence-corrected chi connectivity index (χ4v) is 9.72. The maximum absolute atomic E-state index is 11.2. The third-order valence-electron chi connectivity index (χ3n) is 13.0. The lowest BCUT2D eigenvalue weighted by molar-refractivity contribution is -0.306. The number of rotatable bonds is 6. The zero-order valence-electron chi connectivity index (χ0n) is 26.4. The van der Waals surface area contributed by atoms with Gasteiger partial charge in [0.2, 0.25) is 0 Å². The van der Waals surface area contributed by atoms with E-state index in [0.29, 0.717) is 23.7 Å². The average molecular weight is 531 g/mol. The lowest BCUT2D eigenvalue weighted by atomic mass is 9.45. The Morgan fingerprint density at radius 2 is 1.71 bits per heavy atom. The molecule has 4 aliphatic rings. The molecule has 3 aliphatic carbocycles. The summed E-state index contributed by atoms with van der Waals surface area (Å²) in [5.41, 5.74) is -0.828. The van der Waals surface area contributed by atoms with E-state index in [-0.39, 0.29) is 39.7 Å². The van der Waals surface area contributed by atoms with E-state index in [4.69, 9.17) is 14.2 Å². The largest absolute Gasteiger partial charge is 0.392 e. The number of fused-ring (bicyclic) bond motifs is 3. The van der Waals surface area contributed by atoms with Gasteiger partial charge in [-0.2, -0.15) is 0 Å². The molecular weight excluding hydrogens is 472 g/mol. The molecular formula is C34H58O4. The van der Waals surface area contributed by atoms with Crippen molar-refractivity contribution >= 4 is 0 Å². The van der Waals surface area contributed by atoms with Crippen LogP contribution in [0.25, 0.3) is 0 Å². The Labute approximate surface area is 234 Å². The van der Waals surface area contributed by atoms with E-state index in [2.05, 4.69) is 86.6 Å². The molecule has 1 aliphatic heterocycles. The van der Waals surface area contributed by atoms with Crippen molar-refractivity contribution < 1.29 is 19.3 Å². The quantitative estimate of drug-likeness (QED) is 0.354. The average Bonchev–Trinajstić information content (AvgIpc) is 3.04. The van der Waals surface area contributed by atoms with Gasteiger partial charge in [0.05, 0.1) is 17.3 Å². The molecule has 218 valence electrons. The highest BCUT2D eigenvalue weighted by molar-refractivity contribution is 5.25. The summed E-state index contributed by atoms with van der Waals surface area (Å²) in [6.07, 6.45) is 16.5. The van der Waals surface area contributed by atoms with Crippen LogP contribution in [0.5, 0.6) is 0 Å². The van der Waals surface area contributed by atoms with Crippen molar-refractivity contribution in [2.24, 2.45) is 45.3 Å². The molecule has 0 saturated heterocycles. The number of methoxy groups -OCH3 is 2. The number of hydrogen-bond acceptors (Lipinski definition) is 4. The van der Waals surface area contributed by atoms with Gasteiger partial charge in [0.25, 0.3) is 0 Å². The lowest BCUT2D eigenvalue weighted by Gasteiger charge is -2.61. The summed E-state index contributed by atoms with van der Waals surface area (Å²) in [7, 11) is 3.61. The zero-order valence-corrected chi connectivity index (χ0v) is 26.4. The number of hydrogen-bond donors (Lipinski definition) is 1. The van der Waals surface area contributed by atoms with Crippen LogP contribution < -0.4 is 0 Å². The number of aliphatic hydroxyl groups excluding tert-OH is 1. The van der Waals surface area contributed by atoms with E-state index >= 15 is 0 Å². The van der Waals surface area contributed by atoms with Gasteiger partial charge in [0, 0.05) is 25.0 Å². The van der Waals surface area contributed by atoms with E-state index in [9.17, 15) is 5.11 Å². The molecule has 4 rings (SSSR count). The van der Waals surface area contributed by atoms with Crippen molar-refractivity contribution in [2.45, 2.75) is 131 Å². The van der Waals surface area contributed by atoms with Crippen LogP contribution >= 0.6 is 0 Å². The van der Waals surface area contributed by atoms with Gasteiger partial charge in [-0.1, -0.05) is 72.8 Å². The molecule has 1 heterocycles. The Morgan fingerprint density at radius 1 is 1.03 bits per heavy atom. The normalized spacial score (nSPS) is 47.6. The van der Waals surface area contributed by atoms with Crippen LogP contribution in [-0.2, 0) is 14.2 Å². The molecule has 0 aromatic heterocycles. The Kier molecular flexibility index (Phi) is 7.97. The Balaban J connectivity index is 1.70. The molecule has 0 radical (unpaired) electrons. The first-order valence-electron chi connectivity index (χ1n) is 15.4. The van der Waals surface area contributed by atoms with Crippen LogP contribution in [0.3, 0.4) is 0 Å². The highest BCUT2D eigenvalue weighted by atomic mass is 16.7. The SMILES string of the molecule is COC1O[C@]2(C=C[C@H]3[C@]4(C)CCC([C@H](C)C/C=C/C(C)(C)OC)[C@@]4(C)CC[C@]13C)[C@H](C)CC[C@H](O)C2(C)C. The zero-order chi connectivity index (χ0) is 28.4. The smallest absolute Gasteiger partial charge is 0.164 e. The summed E-state index contributed by atoms with van der Waals surface area (Å²) in [5.74, 6) is 1.99. The lowest BCUT2D eigenvalue weighted by Crippen LogP contribution is -2.62. The molecule has 0 aromatic rings. The van der Waals surface area contributed by atoms with Crippen molar-refractivity contribution in [1.82, 2.24) is 0 Å². The number of allylic oxidation sites excluding steroid dienone is 2. The summed E-state index contributed by atoms with van der Waals surface area (Å²) in [5, 5.41) is 11.2. The molecule has 3 saturated carbocycles. The van der Waals surface area contributed by atoms with Crippen LogP contribution in [0.15, 0.2) is 24.3 Å². The van der Waals surface area contributed by atoms with E-state index in [1.165, 1.54) is 19.3 Å². The second-order valence-electron chi connectivity index (χ2n) is 15.4. The van der Waals surface area contributed by atoms with Gasteiger partial charge in [-0.05, 0) is 93.3 Å². The van der Waals surface area contributed by atoms with Gasteiger partial charge in [-0.15, -0.1) is 0 Å². The highest BCUT2D eigenvalue weighted by Gasteiger charge is 2.68. The first kappa shape index (κ1) is 30.3.